The molecule has 0 unspecified atom stereocenters. The molecule has 4 heterocycles. The summed E-state index contributed by atoms with van der Waals surface area (Å²) < 4.78 is 21.2. The molecule has 144 valence electrons. The van der Waals surface area contributed by atoms with Crippen LogP contribution in [0.5, 0.6) is 0 Å². The third-order valence-corrected chi connectivity index (χ3v) is 8.46. The highest BCUT2D eigenvalue weighted by Gasteiger charge is 2.54. The normalized spacial score (nSPS) is 21.0. The number of fused-ring (bicyclic) bond motifs is 1. The van der Waals surface area contributed by atoms with Gasteiger partial charge in [0.2, 0.25) is 6.54 Å². The number of hydrogen-bond acceptors (Lipinski definition) is 5. The Bertz CT molecular complexity index is 1200. The van der Waals surface area contributed by atoms with E-state index in [1.165, 1.54) is 6.33 Å². The van der Waals surface area contributed by atoms with Crippen molar-refractivity contribution in [2.45, 2.75) is 23.6 Å². The lowest BCUT2D eigenvalue weighted by molar-refractivity contribution is 0.0865. The van der Waals surface area contributed by atoms with E-state index >= 15 is 0 Å². The fourth-order valence-electron chi connectivity index (χ4n) is 3.92. The van der Waals surface area contributed by atoms with Gasteiger partial charge in [-0.15, -0.1) is 0 Å². The zero-order valence-corrected chi connectivity index (χ0v) is 16.3. The van der Waals surface area contributed by atoms with Crippen molar-refractivity contribution in [2.24, 2.45) is 4.36 Å². The second-order valence-corrected chi connectivity index (χ2v) is 10.0. The first-order valence-corrected chi connectivity index (χ1v) is 10.7. The molecular weight excluding hydrogens is 376 g/mol. The Balaban J connectivity index is 1.48. The first-order chi connectivity index (χ1) is 13.6. The highest BCUT2D eigenvalue weighted by atomic mass is 32.2. The summed E-state index contributed by atoms with van der Waals surface area (Å²) in [7, 11) is -0.711. The van der Waals surface area contributed by atoms with Gasteiger partial charge in [0, 0.05) is 43.5 Å². The average Bonchev–Trinajstić information content (AvgIpc) is 3.23. The lowest BCUT2D eigenvalue weighted by Crippen LogP contribution is -2.66. The third-order valence-electron chi connectivity index (χ3n) is 5.60. The van der Waals surface area contributed by atoms with Gasteiger partial charge in [-0.1, -0.05) is 0 Å². The third kappa shape index (κ3) is 2.47. The molecule has 10 heteroatoms. The van der Waals surface area contributed by atoms with Crippen LogP contribution in [0.25, 0.3) is 27.1 Å². The first-order valence-electron chi connectivity index (χ1n) is 9.16. The SMILES string of the molecule is [C-]#[N+]CC1(n2cc(-c3ncnc4[nH]ccc34)cn2)CN([S@](=O)(=NC)C2CC2)C1. The Labute approximate surface area is 162 Å². The smallest absolute Gasteiger partial charge is 0.242 e. The van der Waals surface area contributed by atoms with E-state index in [0.29, 0.717) is 13.1 Å². The summed E-state index contributed by atoms with van der Waals surface area (Å²) in [5, 5.41) is 5.65. The van der Waals surface area contributed by atoms with Gasteiger partial charge in [0.05, 0.1) is 17.1 Å². The highest BCUT2D eigenvalue weighted by Crippen LogP contribution is 2.40. The Kier molecular flexibility index (Phi) is 3.79. The minimum Gasteiger partial charge on any atom is -0.346 e. The highest BCUT2D eigenvalue weighted by molar-refractivity contribution is 7.92. The molecule has 1 saturated carbocycles. The van der Waals surface area contributed by atoms with Crippen LogP contribution in [0.1, 0.15) is 12.8 Å². The number of hydrogen-bond donors (Lipinski definition) is 1. The van der Waals surface area contributed by atoms with Crippen molar-refractivity contribution in [3.8, 4) is 11.3 Å². The maximum Gasteiger partial charge on any atom is 0.242 e. The van der Waals surface area contributed by atoms with Crippen LogP contribution in [0, 0.1) is 6.57 Å². The van der Waals surface area contributed by atoms with Crippen molar-refractivity contribution >= 4 is 20.9 Å². The molecule has 28 heavy (non-hydrogen) atoms. The molecule has 0 aromatic carbocycles. The van der Waals surface area contributed by atoms with E-state index in [4.69, 9.17) is 6.57 Å². The van der Waals surface area contributed by atoms with Gasteiger partial charge in [0.15, 0.2) is 5.54 Å². The van der Waals surface area contributed by atoms with E-state index < -0.39 is 15.5 Å². The van der Waals surface area contributed by atoms with Crippen LogP contribution in [0.4, 0.5) is 0 Å². The van der Waals surface area contributed by atoms with Crippen LogP contribution in [-0.2, 0) is 15.5 Å². The lowest BCUT2D eigenvalue weighted by Gasteiger charge is -2.47. The largest absolute Gasteiger partial charge is 0.346 e. The van der Waals surface area contributed by atoms with Crippen molar-refractivity contribution < 1.29 is 4.21 Å². The predicted octanol–water partition coefficient (Wildman–Crippen LogP) is 1.93. The van der Waals surface area contributed by atoms with Gasteiger partial charge in [-0.3, -0.25) is 4.68 Å². The lowest BCUT2D eigenvalue weighted by atomic mass is 9.92. The number of H-pyrrole nitrogens is 1. The Morgan fingerprint density at radius 3 is 2.96 bits per heavy atom. The van der Waals surface area contributed by atoms with Gasteiger partial charge in [-0.25, -0.2) is 29.4 Å². The topological polar surface area (TPSA) is 96.4 Å². The molecule has 0 spiro atoms. The van der Waals surface area contributed by atoms with Crippen LogP contribution < -0.4 is 0 Å². The summed E-state index contributed by atoms with van der Waals surface area (Å²) in [4.78, 5) is 15.4. The van der Waals surface area contributed by atoms with Crippen LogP contribution in [-0.4, -0.2) is 65.2 Å². The predicted molar refractivity (Wildman–Crippen MR) is 106 cm³/mol. The molecule has 1 N–H and O–H groups in total. The minimum atomic E-state index is -2.35. The number of nitrogens with one attached hydrogen (secondary N) is 1. The molecule has 5 rings (SSSR count). The van der Waals surface area contributed by atoms with Gasteiger partial charge >= 0.3 is 0 Å². The summed E-state index contributed by atoms with van der Waals surface area (Å²) in [6.07, 6.45) is 8.99. The molecule has 1 atom stereocenters. The van der Waals surface area contributed by atoms with Crippen LogP contribution in [0.3, 0.4) is 0 Å². The van der Waals surface area contributed by atoms with E-state index in [2.05, 4.69) is 29.3 Å². The molecule has 0 bridgehead atoms. The zero-order valence-electron chi connectivity index (χ0n) is 15.4. The summed E-state index contributed by atoms with van der Waals surface area (Å²) >= 11 is 0. The van der Waals surface area contributed by atoms with Crippen molar-refractivity contribution in [3.63, 3.8) is 0 Å². The first kappa shape index (κ1) is 17.3. The average molecular weight is 396 g/mol. The van der Waals surface area contributed by atoms with E-state index in [-0.39, 0.29) is 11.8 Å². The van der Waals surface area contributed by atoms with Gasteiger partial charge in [-0.05, 0) is 18.9 Å². The van der Waals surface area contributed by atoms with Crippen LogP contribution in [0.2, 0.25) is 0 Å². The zero-order chi connectivity index (χ0) is 19.4. The Morgan fingerprint density at radius 2 is 2.25 bits per heavy atom. The molecule has 9 nitrogen and oxygen atoms in total. The summed E-state index contributed by atoms with van der Waals surface area (Å²) in [6, 6.07) is 1.94. The number of aromatic nitrogens is 5. The van der Waals surface area contributed by atoms with Crippen LogP contribution >= 0.6 is 0 Å². The molecule has 1 saturated heterocycles. The molecule has 0 amide bonds. The maximum absolute atomic E-state index is 13.2. The molecule has 1 aliphatic carbocycles. The monoisotopic (exact) mass is 396 g/mol. The van der Waals surface area contributed by atoms with Gasteiger partial charge in [0.1, 0.15) is 21.9 Å². The second-order valence-electron chi connectivity index (χ2n) is 7.39. The van der Waals surface area contributed by atoms with E-state index in [1.807, 2.05) is 27.4 Å². The van der Waals surface area contributed by atoms with Crippen molar-refractivity contribution in [1.29, 1.82) is 0 Å². The number of nitrogens with zero attached hydrogens (tertiary/aromatic N) is 7. The van der Waals surface area contributed by atoms with Gasteiger partial charge in [0.25, 0.3) is 0 Å². The molecule has 2 fully saturated rings. The quantitative estimate of drug-likeness (QED) is 0.667. The molecule has 1 aliphatic heterocycles. The molecule has 0 radical (unpaired) electrons. The van der Waals surface area contributed by atoms with Crippen molar-refractivity contribution in [3.05, 3.63) is 42.4 Å². The Morgan fingerprint density at radius 1 is 1.43 bits per heavy atom. The van der Waals surface area contributed by atoms with Gasteiger partial charge in [-0.2, -0.15) is 5.10 Å². The summed E-state index contributed by atoms with van der Waals surface area (Å²) in [5.74, 6) is 0. The Hall–Kier alpha value is -2.77. The number of rotatable bonds is 5. The minimum absolute atomic E-state index is 0.166. The summed E-state index contributed by atoms with van der Waals surface area (Å²) in [5.41, 5.74) is 1.97. The van der Waals surface area contributed by atoms with Crippen molar-refractivity contribution in [1.82, 2.24) is 29.0 Å². The van der Waals surface area contributed by atoms with Crippen molar-refractivity contribution in [2.75, 3.05) is 26.7 Å². The molecule has 2 aliphatic rings. The van der Waals surface area contributed by atoms with Gasteiger partial charge < -0.3 is 9.83 Å². The van der Waals surface area contributed by atoms with E-state index in [0.717, 1.165) is 35.1 Å². The molecule has 3 aromatic rings. The van der Waals surface area contributed by atoms with E-state index in [9.17, 15) is 4.21 Å². The van der Waals surface area contributed by atoms with Crippen LogP contribution in [0.15, 0.2) is 35.3 Å². The maximum atomic E-state index is 13.2. The summed E-state index contributed by atoms with van der Waals surface area (Å²) in [6.45, 7) is 8.74. The second kappa shape index (κ2) is 6.12. The number of aromatic amines is 1. The standard InChI is InChI=1S/C18H20N8OS/c1-19-9-18(10-25(11-18)28(27,20-2)14-3-4-14)26-8-13(7-24-26)16-15-5-6-21-17(15)23-12-22-16/h5-8,12,14H,3-4,9-11H2,2H3,(H,21,22,23)/t28-/m1/s1. The fourth-order valence-corrected chi connectivity index (χ4v) is 6.47. The van der Waals surface area contributed by atoms with E-state index in [1.54, 1.807) is 13.2 Å². The molecule has 3 aromatic heterocycles. The fraction of sp³-hybridized carbons (Fsp3) is 0.444. The molecular formula is C18H20N8OS.